The Hall–Kier alpha value is -3.75. The van der Waals surface area contributed by atoms with Crippen molar-refractivity contribution in [1.82, 2.24) is 19.6 Å². The van der Waals surface area contributed by atoms with E-state index in [1.54, 1.807) is 18.8 Å². The zero-order valence-corrected chi connectivity index (χ0v) is 24.9. The van der Waals surface area contributed by atoms with Gasteiger partial charge in [-0.3, -0.25) is 9.69 Å². The average molecular weight is 591 g/mol. The molecule has 0 fully saturated rings. The predicted octanol–water partition coefficient (Wildman–Crippen LogP) is 7.50. The average Bonchev–Trinajstić information content (AvgIpc) is 3.59. The van der Waals surface area contributed by atoms with E-state index in [2.05, 4.69) is 51.9 Å². The Morgan fingerprint density at radius 2 is 2.02 bits per heavy atom. The lowest BCUT2D eigenvalue weighted by Crippen LogP contribution is -2.40. The summed E-state index contributed by atoms with van der Waals surface area (Å²) in [7, 11) is 0. The smallest absolute Gasteiger partial charge is 0.280 e. The number of nitrogens with zero attached hydrogens (tertiary/aromatic N) is 3. The van der Waals surface area contributed by atoms with Gasteiger partial charge in [-0.15, -0.1) is 0 Å². The number of unbranched alkanes of at least 4 members (excludes halogenated alkanes) is 3. The molecule has 9 heteroatoms. The summed E-state index contributed by atoms with van der Waals surface area (Å²) in [6, 6.07) is 11.7. The molecule has 0 saturated carbocycles. The van der Waals surface area contributed by atoms with Crippen LogP contribution < -0.4 is 5.56 Å². The molecule has 2 aliphatic rings. The minimum absolute atomic E-state index is 0.117. The molecule has 1 aliphatic carbocycles. The van der Waals surface area contributed by atoms with Crippen molar-refractivity contribution in [3.63, 3.8) is 0 Å². The number of hydrogen-bond donors (Lipinski definition) is 1. The number of aromatic nitrogens is 3. The second-order valence-corrected chi connectivity index (χ2v) is 11.0. The molecular weight excluding hydrogens is 552 g/mol. The zero-order chi connectivity index (χ0) is 29.1. The molecule has 1 N–H and O–H groups in total. The molecule has 1 aromatic carbocycles. The van der Waals surface area contributed by atoms with Crippen LogP contribution >= 0.6 is 11.6 Å². The number of H-pyrrole nitrogens is 1. The lowest BCUT2D eigenvalue weighted by atomic mass is 9.94. The van der Waals surface area contributed by atoms with E-state index in [1.807, 2.05) is 18.2 Å². The minimum Gasteiger partial charge on any atom is -0.466 e. The number of imidazole rings is 1. The topological polar surface area (TPSA) is 85.5 Å². The number of nitrogens with one attached hydrogen (secondary N) is 1. The van der Waals surface area contributed by atoms with Gasteiger partial charge in [-0.05, 0) is 44.2 Å². The fourth-order valence-corrected chi connectivity index (χ4v) is 5.79. The first kappa shape index (κ1) is 29.7. The van der Waals surface area contributed by atoms with Gasteiger partial charge in [-0.2, -0.15) is 5.16 Å². The van der Waals surface area contributed by atoms with Crippen LogP contribution in [0.15, 0.2) is 94.1 Å². The van der Waals surface area contributed by atoms with Crippen LogP contribution in [0.3, 0.4) is 0 Å². The van der Waals surface area contributed by atoms with E-state index in [0.29, 0.717) is 17.5 Å². The van der Waals surface area contributed by atoms with Crippen molar-refractivity contribution in [2.75, 3.05) is 6.54 Å². The molecule has 0 radical (unpaired) electrons. The van der Waals surface area contributed by atoms with Crippen LogP contribution in [0.25, 0.3) is 11.4 Å². The number of aryl methyl sites for hydroxylation is 1. The standard InChI is InChI=1S/C33H39ClN4O4/c1-2-3-19-38-28(32(34)35-33(38)26-15-9-5-10-16-26)23-37(18-12-6-11-17-27-22-30(39)36-42-27)31(25-13-7-4-8-14-25)29-24-40-20-21-41-29/h4-5,7,9-10,13,15-16,20-22,24,31H,2-3,6,8,11-12,14,17-19,23H2,1H3,(H,36,39). The number of halogens is 1. The van der Waals surface area contributed by atoms with Gasteiger partial charge >= 0.3 is 0 Å². The van der Waals surface area contributed by atoms with E-state index in [9.17, 15) is 4.79 Å². The number of rotatable bonds is 15. The summed E-state index contributed by atoms with van der Waals surface area (Å²) in [6.45, 7) is 4.45. The van der Waals surface area contributed by atoms with E-state index in [0.717, 1.165) is 87.3 Å². The van der Waals surface area contributed by atoms with E-state index in [4.69, 9.17) is 30.6 Å². The van der Waals surface area contributed by atoms with Crippen molar-refractivity contribution >= 4 is 11.6 Å². The molecule has 0 spiro atoms. The lowest BCUT2D eigenvalue weighted by Gasteiger charge is -2.35. The molecular formula is C33H39ClN4O4. The molecule has 1 aliphatic heterocycles. The Bertz CT molecular complexity index is 1480. The monoisotopic (exact) mass is 590 g/mol. The Balaban J connectivity index is 1.44. The minimum atomic E-state index is -0.197. The second-order valence-electron chi connectivity index (χ2n) is 10.7. The highest BCUT2D eigenvalue weighted by atomic mass is 35.5. The third-order valence-electron chi connectivity index (χ3n) is 7.64. The SMILES string of the molecule is CCCCn1c(-c2ccccc2)nc(Cl)c1CN(CCCCCc1cc(=O)[nH]o1)C(C1=CC=CCC1)C1=COC=CO1. The fraction of sp³-hybridized carbons (Fsp3) is 0.394. The molecule has 222 valence electrons. The summed E-state index contributed by atoms with van der Waals surface area (Å²) in [5, 5.41) is 2.90. The van der Waals surface area contributed by atoms with Crippen LogP contribution in [0.5, 0.6) is 0 Å². The third-order valence-corrected chi connectivity index (χ3v) is 7.94. The molecule has 0 amide bonds. The van der Waals surface area contributed by atoms with Crippen LogP contribution in [-0.4, -0.2) is 32.2 Å². The quantitative estimate of drug-likeness (QED) is 0.184. The van der Waals surface area contributed by atoms with Gasteiger partial charge in [0.15, 0.2) is 10.9 Å². The highest BCUT2D eigenvalue weighted by Crippen LogP contribution is 2.33. The van der Waals surface area contributed by atoms with Gasteiger partial charge in [-0.25, -0.2) is 4.98 Å². The Morgan fingerprint density at radius 1 is 1.14 bits per heavy atom. The van der Waals surface area contributed by atoms with Crippen LogP contribution in [0.1, 0.15) is 63.3 Å². The maximum Gasteiger partial charge on any atom is 0.280 e. The van der Waals surface area contributed by atoms with Gasteiger partial charge in [0.2, 0.25) is 0 Å². The van der Waals surface area contributed by atoms with Crippen molar-refractivity contribution in [3.05, 3.63) is 112 Å². The second kappa shape index (κ2) is 14.9. The first-order chi connectivity index (χ1) is 20.6. The molecule has 3 aromatic rings. The predicted molar refractivity (Wildman–Crippen MR) is 165 cm³/mol. The van der Waals surface area contributed by atoms with Crippen molar-refractivity contribution in [2.24, 2.45) is 0 Å². The van der Waals surface area contributed by atoms with E-state index >= 15 is 0 Å². The van der Waals surface area contributed by atoms with Gasteiger partial charge in [0.05, 0.1) is 11.7 Å². The maximum atomic E-state index is 11.4. The van der Waals surface area contributed by atoms with Crippen molar-refractivity contribution < 1.29 is 14.0 Å². The van der Waals surface area contributed by atoms with Crippen molar-refractivity contribution in [2.45, 2.75) is 77.4 Å². The van der Waals surface area contributed by atoms with E-state index < -0.39 is 0 Å². The van der Waals surface area contributed by atoms with Gasteiger partial charge in [0, 0.05) is 31.1 Å². The zero-order valence-electron chi connectivity index (χ0n) is 24.1. The Labute approximate surface area is 251 Å². The summed E-state index contributed by atoms with van der Waals surface area (Å²) < 4.78 is 19.2. The number of ether oxygens (including phenoxy) is 2. The van der Waals surface area contributed by atoms with Crippen molar-refractivity contribution in [3.8, 4) is 11.4 Å². The number of aromatic amines is 1. The van der Waals surface area contributed by atoms with Gasteiger partial charge < -0.3 is 18.6 Å². The Morgan fingerprint density at radius 3 is 2.74 bits per heavy atom. The lowest BCUT2D eigenvalue weighted by molar-refractivity contribution is 0.149. The summed E-state index contributed by atoms with van der Waals surface area (Å²) in [4.78, 5) is 18.7. The number of benzene rings is 1. The normalized spacial score (nSPS) is 15.3. The first-order valence-electron chi connectivity index (χ1n) is 14.9. The molecule has 0 saturated heterocycles. The summed E-state index contributed by atoms with van der Waals surface area (Å²) in [5.41, 5.74) is 3.13. The number of allylic oxidation sites excluding steroid dienone is 3. The molecule has 3 heterocycles. The van der Waals surface area contributed by atoms with Crippen LogP contribution in [0, 0.1) is 0 Å². The number of hydrogen-bond acceptors (Lipinski definition) is 6. The van der Waals surface area contributed by atoms with Crippen molar-refractivity contribution in [1.29, 1.82) is 0 Å². The largest absolute Gasteiger partial charge is 0.466 e. The molecule has 42 heavy (non-hydrogen) atoms. The first-order valence-corrected chi connectivity index (χ1v) is 15.3. The highest BCUT2D eigenvalue weighted by Gasteiger charge is 2.31. The summed E-state index contributed by atoms with van der Waals surface area (Å²) >= 11 is 6.95. The third kappa shape index (κ3) is 7.55. The molecule has 5 rings (SSSR count). The van der Waals surface area contributed by atoms with E-state index in [-0.39, 0.29) is 11.6 Å². The van der Waals surface area contributed by atoms with E-state index in [1.165, 1.54) is 11.6 Å². The van der Waals surface area contributed by atoms with Crippen LogP contribution in [-0.2, 0) is 29.0 Å². The fourth-order valence-electron chi connectivity index (χ4n) is 5.55. The van der Waals surface area contributed by atoms with Gasteiger partial charge in [0.1, 0.15) is 30.4 Å². The molecule has 2 aromatic heterocycles. The molecule has 0 bridgehead atoms. The Kier molecular flexibility index (Phi) is 10.6. The maximum absolute atomic E-state index is 11.4. The highest BCUT2D eigenvalue weighted by molar-refractivity contribution is 6.30. The van der Waals surface area contributed by atoms with Gasteiger partial charge in [0.25, 0.3) is 5.56 Å². The van der Waals surface area contributed by atoms with Crippen LogP contribution in [0.2, 0.25) is 5.15 Å². The summed E-state index contributed by atoms with van der Waals surface area (Å²) in [6.07, 6.45) is 18.9. The molecule has 1 atom stereocenters. The molecule has 1 unspecified atom stereocenters. The van der Waals surface area contributed by atoms with Crippen LogP contribution in [0.4, 0.5) is 0 Å². The summed E-state index contributed by atoms with van der Waals surface area (Å²) in [5.74, 6) is 2.35. The molecule has 8 nitrogen and oxygen atoms in total. The van der Waals surface area contributed by atoms with Gasteiger partial charge in [-0.1, -0.05) is 79.9 Å².